The molecule has 2 aliphatic heterocycles. The van der Waals surface area contributed by atoms with Crippen LogP contribution in [0.4, 0.5) is 0 Å². The number of hydrogen-bond acceptors (Lipinski definition) is 4. The van der Waals surface area contributed by atoms with Crippen molar-refractivity contribution in [1.82, 2.24) is 24.6 Å². The van der Waals surface area contributed by atoms with Crippen molar-refractivity contribution in [2.75, 3.05) is 26.2 Å². The van der Waals surface area contributed by atoms with Crippen molar-refractivity contribution >= 4 is 11.8 Å². The second kappa shape index (κ2) is 9.04. The summed E-state index contributed by atoms with van der Waals surface area (Å²) in [7, 11) is 1.90. The molecule has 1 aliphatic carbocycles. The summed E-state index contributed by atoms with van der Waals surface area (Å²) in [6, 6.07) is 3.94. The zero-order valence-electron chi connectivity index (χ0n) is 19.1. The Kier molecular flexibility index (Phi) is 5.98. The molecule has 0 radical (unpaired) electrons. The summed E-state index contributed by atoms with van der Waals surface area (Å²) in [5, 5.41) is 4.61. The summed E-state index contributed by atoms with van der Waals surface area (Å²) < 4.78 is 1.80. The van der Waals surface area contributed by atoms with Gasteiger partial charge < -0.3 is 9.80 Å². The Labute approximate surface area is 189 Å². The van der Waals surface area contributed by atoms with Gasteiger partial charge >= 0.3 is 0 Å². The molecule has 4 heterocycles. The third-order valence-electron chi connectivity index (χ3n) is 7.40. The van der Waals surface area contributed by atoms with Crippen molar-refractivity contribution in [2.45, 2.75) is 63.7 Å². The molecule has 0 saturated carbocycles. The van der Waals surface area contributed by atoms with Gasteiger partial charge in [0, 0.05) is 56.6 Å². The van der Waals surface area contributed by atoms with Gasteiger partial charge in [-0.2, -0.15) is 5.10 Å². The molecular weight excluding hydrogens is 402 g/mol. The number of carbonyl (C=O) groups is 2. The number of nitrogens with zero attached hydrogens (tertiary/aromatic N) is 5. The number of pyridine rings is 1. The summed E-state index contributed by atoms with van der Waals surface area (Å²) >= 11 is 0. The highest BCUT2D eigenvalue weighted by molar-refractivity contribution is 5.95. The molecule has 3 aliphatic rings. The predicted molar refractivity (Wildman–Crippen MR) is 122 cm³/mol. The molecule has 2 fully saturated rings. The smallest absolute Gasteiger partial charge is 0.272 e. The number of piperidine rings is 2. The number of hydrogen-bond donors (Lipinski definition) is 0. The molecule has 7 nitrogen and oxygen atoms in total. The van der Waals surface area contributed by atoms with E-state index in [1.165, 1.54) is 18.4 Å². The Bertz CT molecular complexity index is 983. The SMILES string of the molecule is Cn1nc2c(c1C(=O)N1CCC(c3ccc(C(=O)N4CCCCC4)cn3)CC1)CCCC2. The maximum absolute atomic E-state index is 13.3. The predicted octanol–water partition coefficient (Wildman–Crippen LogP) is 3.34. The number of aromatic nitrogens is 3. The van der Waals surface area contributed by atoms with Crippen LogP contribution in [-0.4, -0.2) is 62.6 Å². The van der Waals surface area contributed by atoms with Crippen LogP contribution in [0.2, 0.25) is 0 Å². The molecule has 7 heteroatoms. The van der Waals surface area contributed by atoms with E-state index in [0.29, 0.717) is 11.5 Å². The van der Waals surface area contributed by atoms with Crippen molar-refractivity contribution < 1.29 is 9.59 Å². The largest absolute Gasteiger partial charge is 0.339 e. The van der Waals surface area contributed by atoms with E-state index in [-0.39, 0.29) is 11.8 Å². The van der Waals surface area contributed by atoms with E-state index in [1.807, 2.05) is 29.0 Å². The van der Waals surface area contributed by atoms with Gasteiger partial charge in [0.2, 0.25) is 0 Å². The van der Waals surface area contributed by atoms with E-state index in [2.05, 4.69) is 10.1 Å². The highest BCUT2D eigenvalue weighted by atomic mass is 16.2. The molecule has 0 N–H and O–H groups in total. The minimum absolute atomic E-state index is 0.101. The molecular formula is C25H33N5O2. The van der Waals surface area contributed by atoms with Crippen LogP contribution >= 0.6 is 0 Å². The fourth-order valence-corrected chi connectivity index (χ4v) is 5.53. The first-order valence-corrected chi connectivity index (χ1v) is 12.2. The van der Waals surface area contributed by atoms with Crippen molar-refractivity contribution in [3.05, 3.63) is 46.5 Å². The highest BCUT2D eigenvalue weighted by Crippen LogP contribution is 2.30. The molecule has 170 valence electrons. The Morgan fingerprint density at radius 2 is 1.59 bits per heavy atom. The van der Waals surface area contributed by atoms with E-state index >= 15 is 0 Å². The van der Waals surface area contributed by atoms with Crippen LogP contribution in [0.1, 0.15) is 88.7 Å². The molecule has 0 spiro atoms. The lowest BCUT2D eigenvalue weighted by Gasteiger charge is -2.32. The van der Waals surface area contributed by atoms with Crippen LogP contribution < -0.4 is 0 Å². The zero-order chi connectivity index (χ0) is 22.1. The molecule has 2 amide bonds. The second-order valence-electron chi connectivity index (χ2n) is 9.50. The molecule has 0 aromatic carbocycles. The van der Waals surface area contributed by atoms with Crippen molar-refractivity contribution in [3.8, 4) is 0 Å². The normalized spacial score (nSPS) is 19.7. The topological polar surface area (TPSA) is 71.3 Å². The van der Waals surface area contributed by atoms with Crippen molar-refractivity contribution in [1.29, 1.82) is 0 Å². The minimum Gasteiger partial charge on any atom is -0.339 e. The third kappa shape index (κ3) is 4.05. The lowest BCUT2D eigenvalue weighted by atomic mass is 9.91. The van der Waals surface area contributed by atoms with Gasteiger partial charge in [-0.15, -0.1) is 0 Å². The van der Waals surface area contributed by atoms with Gasteiger partial charge in [-0.3, -0.25) is 19.3 Å². The monoisotopic (exact) mass is 435 g/mol. The number of amides is 2. The maximum atomic E-state index is 13.3. The standard InChI is InChI=1S/C25H33N5O2/c1-28-23(20-7-3-4-8-22(20)27-28)25(32)30-15-11-18(12-16-30)21-10-9-19(17-26-21)24(31)29-13-5-2-6-14-29/h9-10,17-18H,2-8,11-16H2,1H3. The fraction of sp³-hybridized carbons (Fsp3) is 0.600. The summed E-state index contributed by atoms with van der Waals surface area (Å²) in [5.41, 5.74) is 4.79. The van der Waals surface area contributed by atoms with Gasteiger partial charge in [0.15, 0.2) is 0 Å². The van der Waals surface area contributed by atoms with Gasteiger partial charge in [0.05, 0.1) is 11.3 Å². The fourth-order valence-electron chi connectivity index (χ4n) is 5.53. The third-order valence-corrected chi connectivity index (χ3v) is 7.40. The van der Waals surface area contributed by atoms with E-state index in [1.54, 1.807) is 10.9 Å². The summed E-state index contributed by atoms with van der Waals surface area (Å²) in [6.07, 6.45) is 11.2. The quantitative estimate of drug-likeness (QED) is 0.741. The lowest BCUT2D eigenvalue weighted by Crippen LogP contribution is -2.39. The Hall–Kier alpha value is -2.70. The van der Waals surface area contributed by atoms with Crippen LogP contribution in [0.15, 0.2) is 18.3 Å². The van der Waals surface area contributed by atoms with Gasteiger partial charge in [0.25, 0.3) is 11.8 Å². The minimum atomic E-state index is 0.101. The van der Waals surface area contributed by atoms with Gasteiger partial charge in [-0.25, -0.2) is 0 Å². The first kappa shape index (κ1) is 21.2. The molecule has 0 bridgehead atoms. The highest BCUT2D eigenvalue weighted by Gasteiger charge is 2.30. The first-order valence-electron chi connectivity index (χ1n) is 12.2. The molecule has 2 saturated heterocycles. The molecule has 0 atom stereocenters. The Morgan fingerprint density at radius 1 is 0.875 bits per heavy atom. The number of fused-ring (bicyclic) bond motifs is 1. The van der Waals surface area contributed by atoms with Crippen molar-refractivity contribution in [2.24, 2.45) is 7.05 Å². The summed E-state index contributed by atoms with van der Waals surface area (Å²) in [6.45, 7) is 3.18. The van der Waals surface area contributed by atoms with Crippen LogP contribution in [-0.2, 0) is 19.9 Å². The number of likely N-dealkylation sites (tertiary alicyclic amines) is 2. The van der Waals surface area contributed by atoms with Crippen molar-refractivity contribution in [3.63, 3.8) is 0 Å². The van der Waals surface area contributed by atoms with E-state index in [9.17, 15) is 9.59 Å². The average molecular weight is 436 g/mol. The first-order chi connectivity index (χ1) is 15.6. The van der Waals surface area contributed by atoms with Crippen LogP contribution in [0.3, 0.4) is 0 Å². The van der Waals surface area contributed by atoms with Crippen LogP contribution in [0.25, 0.3) is 0 Å². The zero-order valence-corrected chi connectivity index (χ0v) is 19.1. The van der Waals surface area contributed by atoms with E-state index in [4.69, 9.17) is 0 Å². The van der Waals surface area contributed by atoms with Crippen LogP contribution in [0, 0.1) is 0 Å². The molecule has 5 rings (SSSR count). The number of rotatable bonds is 3. The van der Waals surface area contributed by atoms with Gasteiger partial charge in [0.1, 0.15) is 5.69 Å². The van der Waals surface area contributed by atoms with Gasteiger partial charge in [-0.1, -0.05) is 0 Å². The average Bonchev–Trinajstić information content (AvgIpc) is 3.19. The maximum Gasteiger partial charge on any atom is 0.272 e. The number of carbonyl (C=O) groups excluding carboxylic acids is 2. The Balaban J connectivity index is 1.21. The second-order valence-corrected chi connectivity index (χ2v) is 9.50. The van der Waals surface area contributed by atoms with E-state index < -0.39 is 0 Å². The molecule has 2 aromatic heterocycles. The number of aryl methyl sites for hydroxylation is 2. The summed E-state index contributed by atoms with van der Waals surface area (Å²) in [5.74, 6) is 0.555. The molecule has 2 aromatic rings. The summed E-state index contributed by atoms with van der Waals surface area (Å²) in [4.78, 5) is 34.5. The van der Waals surface area contributed by atoms with Gasteiger partial charge in [-0.05, 0) is 69.9 Å². The Morgan fingerprint density at radius 3 is 2.31 bits per heavy atom. The molecule has 32 heavy (non-hydrogen) atoms. The van der Waals surface area contributed by atoms with Crippen LogP contribution in [0.5, 0.6) is 0 Å². The van der Waals surface area contributed by atoms with E-state index in [0.717, 1.165) is 88.2 Å². The molecule has 0 unspecified atom stereocenters. The lowest BCUT2D eigenvalue weighted by molar-refractivity contribution is 0.0696.